The molecule has 5 heteroatoms. The lowest BCUT2D eigenvalue weighted by Gasteiger charge is -2.30. The third-order valence-electron chi connectivity index (χ3n) is 4.76. The van der Waals surface area contributed by atoms with Gasteiger partial charge in [0.15, 0.2) is 0 Å². The lowest BCUT2D eigenvalue weighted by atomic mass is 9.96. The Morgan fingerprint density at radius 2 is 1.78 bits per heavy atom. The van der Waals surface area contributed by atoms with E-state index in [9.17, 15) is 4.79 Å². The van der Waals surface area contributed by atoms with Crippen LogP contribution in [0, 0.1) is 11.8 Å². The minimum absolute atomic E-state index is 0. The molecule has 2 fully saturated rings. The molecule has 0 unspecified atom stereocenters. The van der Waals surface area contributed by atoms with E-state index in [0.29, 0.717) is 5.91 Å². The zero-order chi connectivity index (χ0) is 15.4. The molecule has 1 saturated carbocycles. The van der Waals surface area contributed by atoms with Gasteiger partial charge in [-0.1, -0.05) is 23.7 Å². The van der Waals surface area contributed by atoms with Crippen molar-refractivity contribution in [3.8, 4) is 0 Å². The first-order valence-corrected chi connectivity index (χ1v) is 8.84. The first kappa shape index (κ1) is 18.6. The minimum atomic E-state index is 0. The number of nitrogens with one attached hydrogen (secondary N) is 1. The topological polar surface area (TPSA) is 32.3 Å². The maximum atomic E-state index is 12.8. The first-order valence-electron chi connectivity index (χ1n) is 8.46. The summed E-state index contributed by atoms with van der Waals surface area (Å²) in [5.41, 5.74) is 1.25. The standard InChI is InChI=1S/C18H25ClN2O.ClH/c19-17-5-3-14(4-6-17)9-12-21(13-15-1-2-15)18(22)16-7-10-20-11-8-16;/h3-6,15-16,20H,1-2,7-13H2;1H. The third kappa shape index (κ3) is 5.66. The van der Waals surface area contributed by atoms with E-state index in [2.05, 4.69) is 22.3 Å². The average molecular weight is 357 g/mol. The summed E-state index contributed by atoms with van der Waals surface area (Å²) in [7, 11) is 0. The van der Waals surface area contributed by atoms with Crippen LogP contribution in [0.1, 0.15) is 31.2 Å². The van der Waals surface area contributed by atoms with Gasteiger partial charge < -0.3 is 10.2 Å². The molecule has 1 aromatic rings. The number of nitrogens with zero attached hydrogens (tertiary/aromatic N) is 1. The van der Waals surface area contributed by atoms with Crippen LogP contribution in [0.4, 0.5) is 0 Å². The van der Waals surface area contributed by atoms with Gasteiger partial charge in [0.25, 0.3) is 0 Å². The molecule has 23 heavy (non-hydrogen) atoms. The molecule has 3 nitrogen and oxygen atoms in total. The van der Waals surface area contributed by atoms with Gasteiger partial charge in [0, 0.05) is 24.0 Å². The SMILES string of the molecule is Cl.O=C(C1CCNCC1)N(CCc1ccc(Cl)cc1)CC1CC1. The van der Waals surface area contributed by atoms with Crippen LogP contribution >= 0.6 is 24.0 Å². The summed E-state index contributed by atoms with van der Waals surface area (Å²) < 4.78 is 0. The van der Waals surface area contributed by atoms with Gasteiger partial charge in [0.2, 0.25) is 5.91 Å². The number of hydrogen-bond donors (Lipinski definition) is 1. The van der Waals surface area contributed by atoms with Crippen LogP contribution in [-0.2, 0) is 11.2 Å². The molecule has 1 aliphatic heterocycles. The Balaban J connectivity index is 0.00000192. The van der Waals surface area contributed by atoms with E-state index < -0.39 is 0 Å². The predicted molar refractivity (Wildman–Crippen MR) is 97.3 cm³/mol. The van der Waals surface area contributed by atoms with E-state index in [1.165, 1.54) is 18.4 Å². The van der Waals surface area contributed by atoms with Crippen LogP contribution in [0.25, 0.3) is 0 Å². The van der Waals surface area contributed by atoms with Crippen LogP contribution < -0.4 is 5.32 Å². The molecule has 128 valence electrons. The predicted octanol–water partition coefficient (Wildman–Crippen LogP) is 3.54. The third-order valence-corrected chi connectivity index (χ3v) is 5.01. The number of rotatable bonds is 6. The highest BCUT2D eigenvalue weighted by atomic mass is 35.5. The maximum Gasteiger partial charge on any atom is 0.225 e. The lowest BCUT2D eigenvalue weighted by molar-refractivity contribution is -0.136. The summed E-state index contributed by atoms with van der Waals surface area (Å²) in [5.74, 6) is 1.35. The molecule has 1 aromatic carbocycles. The zero-order valence-corrected chi connectivity index (χ0v) is 15.0. The molecule has 0 bridgehead atoms. The Hall–Kier alpha value is -0.770. The molecule has 1 amide bonds. The van der Waals surface area contributed by atoms with Gasteiger partial charge in [-0.15, -0.1) is 12.4 Å². The molecule has 3 rings (SSSR count). The van der Waals surface area contributed by atoms with E-state index in [1.54, 1.807) is 0 Å². The summed E-state index contributed by atoms with van der Waals surface area (Å²) in [6.07, 6.45) is 5.47. The first-order chi connectivity index (χ1) is 10.7. The van der Waals surface area contributed by atoms with Crippen molar-refractivity contribution in [2.75, 3.05) is 26.2 Å². The molecule has 2 aliphatic rings. The van der Waals surface area contributed by atoms with Crippen molar-refractivity contribution in [2.45, 2.75) is 32.1 Å². The Bertz CT molecular complexity index is 496. The number of carbonyl (C=O) groups excluding carboxylic acids is 1. The number of carbonyl (C=O) groups is 1. The van der Waals surface area contributed by atoms with Crippen molar-refractivity contribution < 1.29 is 4.79 Å². The Morgan fingerprint density at radius 1 is 1.13 bits per heavy atom. The van der Waals surface area contributed by atoms with Crippen molar-refractivity contribution in [2.24, 2.45) is 11.8 Å². The quantitative estimate of drug-likeness (QED) is 0.845. The fourth-order valence-electron chi connectivity index (χ4n) is 3.15. The van der Waals surface area contributed by atoms with E-state index in [-0.39, 0.29) is 18.3 Å². The van der Waals surface area contributed by atoms with E-state index in [0.717, 1.165) is 56.4 Å². The van der Waals surface area contributed by atoms with Gasteiger partial charge in [-0.05, 0) is 68.8 Å². The molecular weight excluding hydrogens is 331 g/mol. The molecule has 0 radical (unpaired) electrons. The van der Waals surface area contributed by atoms with E-state index >= 15 is 0 Å². The highest BCUT2D eigenvalue weighted by Crippen LogP contribution is 2.30. The second-order valence-electron chi connectivity index (χ2n) is 6.63. The van der Waals surface area contributed by atoms with Crippen LogP contribution in [0.5, 0.6) is 0 Å². The number of piperidine rings is 1. The van der Waals surface area contributed by atoms with Crippen molar-refractivity contribution in [1.29, 1.82) is 0 Å². The number of hydrogen-bond acceptors (Lipinski definition) is 2. The Morgan fingerprint density at radius 3 is 2.39 bits per heavy atom. The molecule has 1 aliphatic carbocycles. The van der Waals surface area contributed by atoms with Crippen LogP contribution in [0.3, 0.4) is 0 Å². The summed E-state index contributed by atoms with van der Waals surface area (Å²) in [4.78, 5) is 14.9. The smallest absolute Gasteiger partial charge is 0.225 e. The Labute approximate surface area is 150 Å². The lowest BCUT2D eigenvalue weighted by Crippen LogP contribution is -2.42. The monoisotopic (exact) mass is 356 g/mol. The van der Waals surface area contributed by atoms with Crippen molar-refractivity contribution in [1.82, 2.24) is 10.2 Å². The van der Waals surface area contributed by atoms with Gasteiger partial charge in [-0.3, -0.25) is 4.79 Å². The van der Waals surface area contributed by atoms with Gasteiger partial charge >= 0.3 is 0 Å². The normalized spacial score (nSPS) is 18.3. The zero-order valence-electron chi connectivity index (χ0n) is 13.5. The second kappa shape index (κ2) is 8.91. The highest BCUT2D eigenvalue weighted by Gasteiger charge is 2.30. The van der Waals surface area contributed by atoms with Gasteiger partial charge in [0.05, 0.1) is 0 Å². The van der Waals surface area contributed by atoms with Gasteiger partial charge in [-0.25, -0.2) is 0 Å². The molecule has 1 N–H and O–H groups in total. The molecular formula is C18H26Cl2N2O. The van der Waals surface area contributed by atoms with Crippen molar-refractivity contribution >= 4 is 29.9 Å². The minimum Gasteiger partial charge on any atom is -0.342 e. The largest absolute Gasteiger partial charge is 0.342 e. The summed E-state index contributed by atoms with van der Waals surface area (Å²) in [5, 5.41) is 4.11. The fourth-order valence-corrected chi connectivity index (χ4v) is 3.27. The number of amides is 1. The van der Waals surface area contributed by atoms with Crippen molar-refractivity contribution in [3.63, 3.8) is 0 Å². The average Bonchev–Trinajstić information content (AvgIpc) is 3.37. The van der Waals surface area contributed by atoms with Crippen LogP contribution in [0.15, 0.2) is 24.3 Å². The summed E-state index contributed by atoms with van der Waals surface area (Å²) >= 11 is 5.93. The second-order valence-corrected chi connectivity index (χ2v) is 7.06. The molecule has 0 atom stereocenters. The highest BCUT2D eigenvalue weighted by molar-refractivity contribution is 6.30. The van der Waals surface area contributed by atoms with Crippen molar-refractivity contribution in [3.05, 3.63) is 34.9 Å². The molecule has 1 heterocycles. The number of benzene rings is 1. The van der Waals surface area contributed by atoms with E-state index in [4.69, 9.17) is 11.6 Å². The maximum absolute atomic E-state index is 12.8. The number of halogens is 2. The summed E-state index contributed by atoms with van der Waals surface area (Å²) in [6, 6.07) is 7.98. The van der Waals surface area contributed by atoms with Crippen LogP contribution in [0.2, 0.25) is 5.02 Å². The molecule has 1 saturated heterocycles. The van der Waals surface area contributed by atoms with Gasteiger partial charge in [-0.2, -0.15) is 0 Å². The molecule has 0 aromatic heterocycles. The fraction of sp³-hybridized carbons (Fsp3) is 0.611. The van der Waals surface area contributed by atoms with E-state index in [1.807, 2.05) is 12.1 Å². The van der Waals surface area contributed by atoms with Gasteiger partial charge in [0.1, 0.15) is 0 Å². The summed E-state index contributed by atoms with van der Waals surface area (Å²) in [6.45, 7) is 3.74. The Kier molecular flexibility index (Phi) is 7.19. The molecule has 0 spiro atoms. The van der Waals surface area contributed by atoms with Crippen LogP contribution in [-0.4, -0.2) is 37.0 Å².